The molecule has 2 aromatic rings. The van der Waals surface area contributed by atoms with Crippen molar-refractivity contribution >= 4 is 25.2 Å². The van der Waals surface area contributed by atoms with Crippen LogP contribution in [0.1, 0.15) is 20.3 Å². The first kappa shape index (κ1) is 13.3. The van der Waals surface area contributed by atoms with Gasteiger partial charge in [-0.05, 0) is 29.3 Å². The average molecular weight is 260 g/mol. The second kappa shape index (κ2) is 6.68. The third kappa shape index (κ3) is 2.99. The quantitative estimate of drug-likeness (QED) is 0.744. The highest BCUT2D eigenvalue weighted by molar-refractivity contribution is 6.64. The fourth-order valence-corrected chi connectivity index (χ4v) is 4.05. The minimum absolute atomic E-state index is 0.712. The molecule has 0 fully saturated rings. The van der Waals surface area contributed by atoms with Crippen molar-refractivity contribution in [2.75, 3.05) is 13.2 Å². The number of benzene rings is 2. The molecular weight excluding hydrogens is 240 g/mol. The summed E-state index contributed by atoms with van der Waals surface area (Å²) in [5, 5.41) is 3.77. The summed E-state index contributed by atoms with van der Waals surface area (Å²) in [6.07, 6.45) is 1.03. The molecule has 1 unspecified atom stereocenters. The van der Waals surface area contributed by atoms with Gasteiger partial charge < -0.3 is 8.85 Å². The van der Waals surface area contributed by atoms with Crippen molar-refractivity contribution in [2.45, 2.75) is 20.3 Å². The van der Waals surface area contributed by atoms with Crippen LogP contribution in [0.4, 0.5) is 0 Å². The summed E-state index contributed by atoms with van der Waals surface area (Å²) < 4.78 is 11.8. The molecule has 0 radical (unpaired) electrons. The highest BCUT2D eigenvalue weighted by Gasteiger charge is 2.18. The van der Waals surface area contributed by atoms with E-state index in [-0.39, 0.29) is 0 Å². The van der Waals surface area contributed by atoms with Crippen molar-refractivity contribution in [1.82, 2.24) is 0 Å². The Hall–Kier alpha value is -1.16. The van der Waals surface area contributed by atoms with E-state index < -0.39 is 9.28 Å². The molecule has 1 atom stereocenters. The van der Waals surface area contributed by atoms with Crippen molar-refractivity contribution in [2.24, 2.45) is 0 Å². The minimum Gasteiger partial charge on any atom is -0.394 e. The van der Waals surface area contributed by atoms with Crippen LogP contribution in [0.2, 0.25) is 0 Å². The van der Waals surface area contributed by atoms with E-state index in [1.54, 1.807) is 0 Å². The van der Waals surface area contributed by atoms with Crippen LogP contribution in [0.15, 0.2) is 42.5 Å². The lowest BCUT2D eigenvalue weighted by Crippen LogP contribution is -2.37. The van der Waals surface area contributed by atoms with Crippen LogP contribution >= 0.6 is 0 Å². The molecule has 2 nitrogen and oxygen atoms in total. The number of hydrogen-bond donors (Lipinski definition) is 0. The van der Waals surface area contributed by atoms with Gasteiger partial charge in [0.2, 0.25) is 0 Å². The molecule has 0 aliphatic carbocycles. The van der Waals surface area contributed by atoms with E-state index in [0.29, 0.717) is 6.61 Å². The van der Waals surface area contributed by atoms with Crippen molar-refractivity contribution in [3.63, 3.8) is 0 Å². The van der Waals surface area contributed by atoms with Gasteiger partial charge in [-0.1, -0.05) is 49.4 Å². The lowest BCUT2D eigenvalue weighted by atomic mass is 10.1. The number of fused-ring (bicyclic) bond motifs is 1. The topological polar surface area (TPSA) is 18.5 Å². The summed E-state index contributed by atoms with van der Waals surface area (Å²) in [5.74, 6) is 0. The second-order valence-corrected chi connectivity index (χ2v) is 6.18. The van der Waals surface area contributed by atoms with Gasteiger partial charge in [0.05, 0.1) is 0 Å². The Balaban J connectivity index is 2.36. The van der Waals surface area contributed by atoms with Crippen molar-refractivity contribution < 1.29 is 8.85 Å². The molecule has 2 rings (SSSR count). The lowest BCUT2D eigenvalue weighted by Gasteiger charge is -2.17. The van der Waals surface area contributed by atoms with Gasteiger partial charge in [-0.15, -0.1) is 0 Å². The minimum atomic E-state index is -1.76. The molecule has 0 aliphatic rings. The molecule has 0 amide bonds. The van der Waals surface area contributed by atoms with Crippen LogP contribution in [0, 0.1) is 0 Å². The molecule has 0 aromatic heterocycles. The van der Waals surface area contributed by atoms with E-state index in [4.69, 9.17) is 8.85 Å². The highest BCUT2D eigenvalue weighted by atomic mass is 28.3. The van der Waals surface area contributed by atoms with Crippen LogP contribution < -0.4 is 5.19 Å². The first-order chi connectivity index (χ1) is 8.86. The first-order valence-electron chi connectivity index (χ1n) is 6.57. The molecule has 18 heavy (non-hydrogen) atoms. The monoisotopic (exact) mass is 260 g/mol. The standard InChI is InChI=1S/C15H20O2Si/c1-3-12-17-18(16-4-2)15-11-7-9-13-8-5-6-10-14(13)15/h5-11,18H,3-4,12H2,1-2H3. The number of hydrogen-bond acceptors (Lipinski definition) is 2. The Labute approximate surface area is 110 Å². The van der Waals surface area contributed by atoms with Gasteiger partial charge in [-0.2, -0.15) is 0 Å². The van der Waals surface area contributed by atoms with E-state index in [9.17, 15) is 0 Å². The molecule has 0 heterocycles. The molecule has 2 aromatic carbocycles. The van der Waals surface area contributed by atoms with Crippen molar-refractivity contribution in [3.8, 4) is 0 Å². The van der Waals surface area contributed by atoms with Crippen LogP contribution in [0.5, 0.6) is 0 Å². The molecule has 0 spiro atoms. The molecule has 0 N–H and O–H groups in total. The summed E-state index contributed by atoms with van der Waals surface area (Å²) in [7, 11) is -1.76. The molecular formula is C15H20O2Si. The van der Waals surface area contributed by atoms with Crippen LogP contribution in [0.25, 0.3) is 10.8 Å². The largest absolute Gasteiger partial charge is 0.394 e. The average Bonchev–Trinajstić information content (AvgIpc) is 2.43. The lowest BCUT2D eigenvalue weighted by molar-refractivity contribution is 0.216. The fraction of sp³-hybridized carbons (Fsp3) is 0.333. The van der Waals surface area contributed by atoms with Crippen LogP contribution in [-0.2, 0) is 8.85 Å². The Kier molecular flexibility index (Phi) is 4.93. The fourth-order valence-electron chi connectivity index (χ4n) is 2.06. The van der Waals surface area contributed by atoms with Crippen LogP contribution in [0.3, 0.4) is 0 Å². The van der Waals surface area contributed by atoms with Crippen molar-refractivity contribution in [1.29, 1.82) is 0 Å². The Morgan fingerprint density at radius 1 is 0.944 bits per heavy atom. The second-order valence-electron chi connectivity index (χ2n) is 4.23. The Bertz CT molecular complexity index is 493. The van der Waals surface area contributed by atoms with E-state index >= 15 is 0 Å². The maximum atomic E-state index is 5.94. The zero-order chi connectivity index (χ0) is 12.8. The summed E-state index contributed by atoms with van der Waals surface area (Å²) in [5.41, 5.74) is 0. The SMILES string of the molecule is CCCO[SiH](OCC)c1cccc2ccccc12. The van der Waals surface area contributed by atoms with E-state index in [2.05, 4.69) is 49.4 Å². The van der Waals surface area contributed by atoms with Gasteiger partial charge in [0, 0.05) is 13.2 Å². The molecule has 3 heteroatoms. The van der Waals surface area contributed by atoms with E-state index in [1.165, 1.54) is 16.0 Å². The summed E-state index contributed by atoms with van der Waals surface area (Å²) >= 11 is 0. The predicted octanol–water partition coefficient (Wildman–Crippen LogP) is 2.73. The summed E-state index contributed by atoms with van der Waals surface area (Å²) in [6, 6.07) is 14.8. The van der Waals surface area contributed by atoms with Gasteiger partial charge in [0.25, 0.3) is 0 Å². The number of rotatable bonds is 6. The van der Waals surface area contributed by atoms with Crippen LogP contribution in [-0.4, -0.2) is 22.5 Å². The van der Waals surface area contributed by atoms with E-state index in [1.807, 2.05) is 6.92 Å². The summed E-state index contributed by atoms with van der Waals surface area (Å²) in [4.78, 5) is 0. The van der Waals surface area contributed by atoms with E-state index in [0.717, 1.165) is 13.0 Å². The molecule has 0 aliphatic heterocycles. The zero-order valence-corrected chi connectivity index (χ0v) is 12.2. The highest BCUT2D eigenvalue weighted by Crippen LogP contribution is 2.12. The maximum absolute atomic E-state index is 5.94. The predicted molar refractivity (Wildman–Crippen MR) is 78.6 cm³/mol. The Morgan fingerprint density at radius 2 is 1.72 bits per heavy atom. The molecule has 0 saturated carbocycles. The normalized spacial score (nSPS) is 12.8. The van der Waals surface area contributed by atoms with Gasteiger partial charge in [-0.3, -0.25) is 0 Å². The first-order valence-corrected chi connectivity index (χ1v) is 8.09. The third-order valence-corrected chi connectivity index (χ3v) is 5.05. The van der Waals surface area contributed by atoms with Crippen molar-refractivity contribution in [3.05, 3.63) is 42.5 Å². The van der Waals surface area contributed by atoms with Gasteiger partial charge in [0.1, 0.15) is 0 Å². The molecule has 0 saturated heterocycles. The van der Waals surface area contributed by atoms with Gasteiger partial charge in [0.15, 0.2) is 0 Å². The summed E-state index contributed by atoms with van der Waals surface area (Å²) in [6.45, 7) is 5.64. The smallest absolute Gasteiger partial charge is 0.356 e. The molecule has 0 bridgehead atoms. The Morgan fingerprint density at radius 3 is 2.50 bits per heavy atom. The maximum Gasteiger partial charge on any atom is 0.356 e. The third-order valence-electron chi connectivity index (χ3n) is 2.87. The molecule has 96 valence electrons. The zero-order valence-electron chi connectivity index (χ0n) is 11.1. The van der Waals surface area contributed by atoms with Gasteiger partial charge >= 0.3 is 9.28 Å². The van der Waals surface area contributed by atoms with Gasteiger partial charge in [-0.25, -0.2) is 0 Å².